The summed E-state index contributed by atoms with van der Waals surface area (Å²) in [6.45, 7) is 28.4. The van der Waals surface area contributed by atoms with Crippen LogP contribution in [-0.2, 0) is 61.9 Å². The third-order valence-corrected chi connectivity index (χ3v) is 2.14. The van der Waals surface area contributed by atoms with Gasteiger partial charge in [-0.2, -0.15) is 0 Å². The molecule has 0 saturated carbocycles. The molecule has 12 nitrogen and oxygen atoms in total. The van der Waals surface area contributed by atoms with Crippen molar-refractivity contribution in [2.45, 2.75) is 147 Å². The molecule has 0 heterocycles. The van der Waals surface area contributed by atoms with Crippen molar-refractivity contribution in [2.24, 2.45) is 9.98 Å². The van der Waals surface area contributed by atoms with Crippen molar-refractivity contribution in [3.8, 4) is 0 Å². The number of nitrogens with zero attached hydrogens (tertiary/aromatic N) is 2. The van der Waals surface area contributed by atoms with Gasteiger partial charge in [-0.1, -0.05) is 109 Å². The van der Waals surface area contributed by atoms with Gasteiger partial charge in [-0.15, -0.1) is 48.1 Å². The molecule has 0 aromatic heterocycles. The summed E-state index contributed by atoms with van der Waals surface area (Å²) in [6.07, 6.45) is 0.519. The average Bonchev–Trinajstić information content (AvgIpc) is 2.76. The van der Waals surface area contributed by atoms with E-state index in [0.717, 1.165) is 11.4 Å². The smallest absolute Gasteiger partial charge is 0.876 e. The first-order valence-corrected chi connectivity index (χ1v) is 15.4. The van der Waals surface area contributed by atoms with Crippen molar-refractivity contribution >= 4 is 11.4 Å². The quantitative estimate of drug-likeness (QED) is 0.169. The Morgan fingerprint density at radius 2 is 0.604 bits per heavy atom. The molecule has 0 aliphatic carbocycles. The molecule has 48 heavy (non-hydrogen) atoms. The van der Waals surface area contributed by atoms with Crippen LogP contribution in [0.5, 0.6) is 0 Å². The Bertz CT molecular complexity index is 563. The van der Waals surface area contributed by atoms with Gasteiger partial charge in [0, 0.05) is 25.6 Å². The van der Waals surface area contributed by atoms with Crippen LogP contribution < -0.4 is 40.9 Å². The van der Waals surface area contributed by atoms with Crippen LogP contribution in [0.1, 0.15) is 111 Å². The van der Waals surface area contributed by atoms with E-state index in [0.29, 0.717) is 26.3 Å². The second kappa shape index (κ2) is 62.0. The number of hydrogen-bond donors (Lipinski definition) is 0. The zero-order valence-corrected chi connectivity index (χ0v) is 38.3. The Balaban J connectivity index is -0.0000000451. The summed E-state index contributed by atoms with van der Waals surface area (Å²) in [4.78, 5) is 8.14. The van der Waals surface area contributed by atoms with Gasteiger partial charge in [-0.25, -0.2) is 0 Å². The number of methoxy groups -OCH3 is 2. The minimum Gasteiger partial charge on any atom is -0.876 e. The van der Waals surface area contributed by atoms with Crippen LogP contribution in [-0.4, -0.2) is 88.6 Å². The summed E-state index contributed by atoms with van der Waals surface area (Å²) in [5.74, 6) is 0.0623. The number of allylic oxidation sites excluding steroid dienone is 4. The van der Waals surface area contributed by atoms with Gasteiger partial charge >= 0.3 is 52.4 Å². The van der Waals surface area contributed by atoms with Crippen molar-refractivity contribution in [1.29, 1.82) is 0 Å². The van der Waals surface area contributed by atoms with E-state index in [1.54, 1.807) is 111 Å². The molecule has 0 N–H and O–H groups in total. The summed E-state index contributed by atoms with van der Waals surface area (Å²) in [5, 5.41) is 78.2. The molecule has 0 amide bonds. The number of rotatable bonds is 8. The molecule has 0 radical (unpaired) electrons. The van der Waals surface area contributed by atoms with E-state index in [2.05, 4.69) is 9.98 Å². The monoisotopic (exact) mass is 846 g/mol. The molecule has 0 rings (SSSR count). The van der Waals surface area contributed by atoms with E-state index in [-0.39, 0.29) is 63.9 Å². The van der Waals surface area contributed by atoms with Crippen LogP contribution in [0.3, 0.4) is 0 Å². The molecule has 0 fully saturated rings. The van der Waals surface area contributed by atoms with Crippen molar-refractivity contribution in [1.82, 2.24) is 0 Å². The molecule has 0 aromatic rings. The maximum atomic E-state index is 10.5. The summed E-state index contributed by atoms with van der Waals surface area (Å²) in [6, 6.07) is 0. The Kier molecular flexibility index (Phi) is 94.8. The van der Waals surface area contributed by atoms with Gasteiger partial charge in [-0.05, 0) is 13.8 Å². The van der Waals surface area contributed by atoms with E-state index in [1.807, 2.05) is 0 Å². The van der Waals surface area contributed by atoms with E-state index in [9.17, 15) is 40.9 Å². The van der Waals surface area contributed by atoms with Crippen molar-refractivity contribution < 1.29 is 103 Å². The Hall–Kier alpha value is -0.134. The van der Waals surface area contributed by atoms with Crippen LogP contribution in [0.15, 0.2) is 33.7 Å². The van der Waals surface area contributed by atoms with Crippen LogP contribution in [0.2, 0.25) is 0 Å². The summed E-state index contributed by atoms with van der Waals surface area (Å²) < 4.78 is 9.58. The van der Waals surface area contributed by atoms with E-state index < -0.39 is 36.6 Å². The first kappa shape index (κ1) is 73.3. The van der Waals surface area contributed by atoms with Gasteiger partial charge in [0.25, 0.3) is 0 Å². The molecule has 0 spiro atoms. The molecule has 14 heteroatoms. The fourth-order valence-corrected chi connectivity index (χ4v) is 1.31. The van der Waals surface area contributed by atoms with Gasteiger partial charge < -0.3 is 50.3 Å². The zero-order valence-electron chi connectivity index (χ0n) is 33.4. The summed E-state index contributed by atoms with van der Waals surface area (Å²) >= 11 is 0. The van der Waals surface area contributed by atoms with Crippen LogP contribution in [0, 0.1) is 0 Å². The third-order valence-electron chi connectivity index (χ3n) is 2.14. The number of hydrogen-bond acceptors (Lipinski definition) is 12. The standard InChI is InChI=1S/2C8H15NO2.6C3H7O.2Zr/c2*1-7(6-8(2)10)9-4-5-11-3;6*1-3(2)4;;/h2*6,10H,4-5H2,1-3H3;6*3H,1-2H3;;/q;;6*-1;2*+4/p-2/b2*8-6-,9-7?;;;;;;;;. The SMILES string of the molecule is CC(C)[O-].CC(C)[O-].CC(C)[O-].CC(C)[O-].CC(C)[O-].CC(C)[O-].COCCN=C(C)/C=C(/C)[O-].COCCN=C(C)/C=C(/C)[O-].[Zr+4].[Zr+4]. The molecule has 0 aliphatic heterocycles. The minimum absolute atomic E-state index is 0. The van der Waals surface area contributed by atoms with Crippen molar-refractivity contribution in [2.75, 3.05) is 40.5 Å². The Morgan fingerprint density at radius 1 is 0.458 bits per heavy atom. The third kappa shape index (κ3) is 289. The van der Waals surface area contributed by atoms with Crippen LogP contribution in [0.25, 0.3) is 0 Å². The van der Waals surface area contributed by atoms with Gasteiger partial charge in [0.05, 0.1) is 26.3 Å². The second-order valence-corrected chi connectivity index (χ2v) is 10.8. The van der Waals surface area contributed by atoms with Crippen molar-refractivity contribution in [3.63, 3.8) is 0 Å². The van der Waals surface area contributed by atoms with Crippen LogP contribution in [0.4, 0.5) is 0 Å². The molecule has 0 aliphatic rings. The molecular weight excluding hydrogens is 779 g/mol. The topological polar surface area (TPSA) is 228 Å². The maximum absolute atomic E-state index is 10.5. The van der Waals surface area contributed by atoms with Gasteiger partial charge in [0.1, 0.15) is 0 Å². The largest absolute Gasteiger partial charge is 4.00 e. The van der Waals surface area contributed by atoms with Gasteiger partial charge in [-0.3, -0.25) is 9.98 Å². The first-order valence-electron chi connectivity index (χ1n) is 15.4. The molecule has 0 atom stereocenters. The Labute approximate surface area is 333 Å². The first-order chi connectivity index (χ1) is 20.7. The second-order valence-electron chi connectivity index (χ2n) is 10.8. The van der Waals surface area contributed by atoms with Gasteiger partial charge in [0.15, 0.2) is 0 Å². The maximum Gasteiger partial charge on any atom is 4.00 e. The van der Waals surface area contributed by atoms with E-state index in [4.69, 9.17) is 9.47 Å². The number of aliphatic imine (C=N–C) groups is 2. The fraction of sp³-hybridized carbons (Fsp3) is 0.824. The van der Waals surface area contributed by atoms with E-state index in [1.165, 1.54) is 26.0 Å². The van der Waals surface area contributed by atoms with E-state index >= 15 is 0 Å². The summed E-state index contributed by atoms with van der Waals surface area (Å²) in [5.41, 5.74) is 1.52. The summed E-state index contributed by atoms with van der Waals surface area (Å²) in [7, 11) is 3.25. The fourth-order valence-electron chi connectivity index (χ4n) is 1.31. The van der Waals surface area contributed by atoms with Gasteiger partial charge in [0.2, 0.25) is 0 Å². The minimum atomic E-state index is -0.417. The molecular formula is C34H70N2O10Zr2. The molecule has 0 saturated heterocycles. The molecule has 284 valence electrons. The molecule has 0 unspecified atom stereocenters. The molecule has 0 aromatic carbocycles. The Morgan fingerprint density at radius 3 is 0.708 bits per heavy atom. The number of ether oxygens (including phenoxy) is 2. The normalized spacial score (nSPS) is 10.8. The zero-order chi connectivity index (χ0) is 38.8. The predicted molar refractivity (Wildman–Crippen MR) is 178 cm³/mol. The predicted octanol–water partition coefficient (Wildman–Crippen LogP) is -0.759. The van der Waals surface area contributed by atoms with Crippen molar-refractivity contribution in [3.05, 3.63) is 23.7 Å². The average molecular weight is 849 g/mol. The molecule has 0 bridgehead atoms. The van der Waals surface area contributed by atoms with Crippen LogP contribution >= 0.6 is 0 Å².